The Morgan fingerprint density at radius 1 is 1.15 bits per heavy atom. The lowest BCUT2D eigenvalue weighted by Gasteiger charge is -2.35. The predicted molar refractivity (Wildman–Crippen MR) is 95.9 cm³/mol. The maximum Gasteiger partial charge on any atom is 0.289 e. The summed E-state index contributed by atoms with van der Waals surface area (Å²) in [5.74, 6) is -0.223. The van der Waals surface area contributed by atoms with E-state index in [4.69, 9.17) is 0 Å². The summed E-state index contributed by atoms with van der Waals surface area (Å²) in [6.45, 7) is 8.09. The number of pyridine rings is 1. The average molecular weight is 465 g/mol. The van der Waals surface area contributed by atoms with Crippen molar-refractivity contribution < 1.29 is 38.1 Å². The van der Waals surface area contributed by atoms with Crippen LogP contribution in [0.15, 0.2) is 42.6 Å². The lowest BCUT2D eigenvalue weighted by atomic mass is 10.0. The zero-order chi connectivity index (χ0) is 18.1. The summed E-state index contributed by atoms with van der Waals surface area (Å²) >= 11 is 0. The first-order chi connectivity index (χ1) is 11.9. The van der Waals surface area contributed by atoms with Crippen LogP contribution in [0.25, 0.3) is 0 Å². The van der Waals surface area contributed by atoms with Gasteiger partial charge in [-0.15, -0.1) is 0 Å². The van der Waals surface area contributed by atoms with Crippen molar-refractivity contribution in [3.05, 3.63) is 59.4 Å². The van der Waals surface area contributed by atoms with E-state index in [1.807, 2.05) is 74.9 Å². The normalized spacial score (nSPS) is 16.1. The largest absolute Gasteiger partial charge is 1.00 e. The average Bonchev–Trinajstić information content (AvgIpc) is 2.56. The van der Waals surface area contributed by atoms with Crippen molar-refractivity contribution in [1.29, 1.82) is 0 Å². The standard InChI is InChI=1S/C20H23N3O2.HI/c1-13(2)23-17(24)12-22-11-6-5-10-16(22)19(23)20(25)21-18-14(3)8-7-9-15(18)4;/h5-11,13,19H,12H2,1-4H3;1H. The highest BCUT2D eigenvalue weighted by molar-refractivity contribution is 5.98. The van der Waals surface area contributed by atoms with Crippen molar-refractivity contribution >= 4 is 17.5 Å². The molecule has 1 unspecified atom stereocenters. The van der Waals surface area contributed by atoms with E-state index in [9.17, 15) is 9.59 Å². The van der Waals surface area contributed by atoms with Crippen molar-refractivity contribution in [3.8, 4) is 0 Å². The molecule has 0 saturated heterocycles. The van der Waals surface area contributed by atoms with Crippen molar-refractivity contribution in [2.24, 2.45) is 0 Å². The quantitative estimate of drug-likeness (QED) is 0.493. The number of hydrogen-bond acceptors (Lipinski definition) is 2. The maximum absolute atomic E-state index is 13.2. The number of halogens is 1. The first-order valence-corrected chi connectivity index (χ1v) is 8.56. The lowest BCUT2D eigenvalue weighted by molar-refractivity contribution is -0.699. The van der Waals surface area contributed by atoms with E-state index >= 15 is 0 Å². The summed E-state index contributed by atoms with van der Waals surface area (Å²) in [6, 6.07) is 10.9. The molecule has 1 aromatic carbocycles. The van der Waals surface area contributed by atoms with Gasteiger partial charge in [-0.2, -0.15) is 4.57 Å². The molecular weight excluding hydrogens is 441 g/mol. The van der Waals surface area contributed by atoms with E-state index in [0.717, 1.165) is 22.5 Å². The number of hydrogen-bond donors (Lipinski definition) is 1. The van der Waals surface area contributed by atoms with Gasteiger partial charge in [0.2, 0.25) is 12.2 Å². The molecule has 1 N–H and O–H groups in total. The molecule has 0 fully saturated rings. The Balaban J connectivity index is 0.00000243. The molecule has 5 nitrogen and oxygen atoms in total. The van der Waals surface area contributed by atoms with Gasteiger partial charge in [0.25, 0.3) is 11.8 Å². The molecular formula is C20H24IN3O2. The summed E-state index contributed by atoms with van der Waals surface area (Å²) in [7, 11) is 0. The zero-order valence-electron chi connectivity index (χ0n) is 15.5. The molecule has 2 aromatic rings. The van der Waals surface area contributed by atoms with Crippen LogP contribution in [-0.4, -0.2) is 22.8 Å². The number of carbonyl (C=O) groups is 2. The van der Waals surface area contributed by atoms with E-state index in [1.165, 1.54) is 0 Å². The third kappa shape index (κ3) is 3.75. The van der Waals surface area contributed by atoms with Gasteiger partial charge in [0.1, 0.15) is 0 Å². The van der Waals surface area contributed by atoms with Gasteiger partial charge in [-0.05, 0) is 38.8 Å². The maximum atomic E-state index is 13.2. The molecule has 1 aliphatic heterocycles. The first-order valence-electron chi connectivity index (χ1n) is 8.56. The highest BCUT2D eigenvalue weighted by atomic mass is 127. The van der Waals surface area contributed by atoms with Gasteiger partial charge in [-0.25, -0.2) is 0 Å². The number of aromatic nitrogens is 1. The second-order valence-corrected chi connectivity index (χ2v) is 6.81. The Kier molecular flexibility index (Phi) is 6.39. The van der Waals surface area contributed by atoms with Crippen LogP contribution in [0.1, 0.15) is 36.7 Å². The number of nitrogens with one attached hydrogen (secondary N) is 1. The van der Waals surface area contributed by atoms with Crippen molar-refractivity contribution in [1.82, 2.24) is 4.90 Å². The number of nitrogens with zero attached hydrogens (tertiary/aromatic N) is 2. The van der Waals surface area contributed by atoms with Gasteiger partial charge in [-0.1, -0.05) is 24.3 Å². The Morgan fingerprint density at radius 2 is 1.81 bits per heavy atom. The molecule has 2 heterocycles. The molecule has 1 aromatic heterocycles. The Bertz CT molecular complexity index is 815. The molecule has 26 heavy (non-hydrogen) atoms. The number of rotatable bonds is 3. The fourth-order valence-corrected chi connectivity index (χ4v) is 3.45. The Morgan fingerprint density at radius 3 is 2.42 bits per heavy atom. The molecule has 0 spiro atoms. The van der Waals surface area contributed by atoms with Gasteiger partial charge < -0.3 is 34.2 Å². The van der Waals surface area contributed by atoms with E-state index in [2.05, 4.69) is 5.32 Å². The van der Waals surface area contributed by atoms with Gasteiger partial charge >= 0.3 is 0 Å². The van der Waals surface area contributed by atoms with Crippen LogP contribution < -0.4 is 33.9 Å². The minimum absolute atomic E-state index is 0. The van der Waals surface area contributed by atoms with E-state index in [-0.39, 0.29) is 48.4 Å². The molecule has 138 valence electrons. The molecule has 0 aliphatic carbocycles. The van der Waals surface area contributed by atoms with Crippen LogP contribution in [0.2, 0.25) is 0 Å². The van der Waals surface area contributed by atoms with Gasteiger partial charge in [-0.3, -0.25) is 9.59 Å². The molecule has 0 radical (unpaired) electrons. The first kappa shape index (κ1) is 20.4. The lowest BCUT2D eigenvalue weighted by Crippen LogP contribution is -3.00. The highest BCUT2D eigenvalue weighted by Gasteiger charge is 2.43. The third-order valence-electron chi connectivity index (χ3n) is 4.66. The summed E-state index contributed by atoms with van der Waals surface area (Å²) < 4.78 is 1.86. The fourth-order valence-electron chi connectivity index (χ4n) is 3.45. The summed E-state index contributed by atoms with van der Waals surface area (Å²) in [5.41, 5.74) is 3.66. The number of aryl methyl sites for hydroxylation is 2. The van der Waals surface area contributed by atoms with Gasteiger partial charge in [0.05, 0.1) is 0 Å². The molecule has 2 amide bonds. The minimum atomic E-state index is -0.638. The number of fused-ring (bicyclic) bond motifs is 1. The topological polar surface area (TPSA) is 53.3 Å². The molecule has 3 rings (SSSR count). The van der Waals surface area contributed by atoms with Crippen LogP contribution in [0.3, 0.4) is 0 Å². The van der Waals surface area contributed by atoms with Gasteiger partial charge in [0.15, 0.2) is 12.2 Å². The minimum Gasteiger partial charge on any atom is -1.00 e. The third-order valence-corrected chi connectivity index (χ3v) is 4.66. The number of para-hydroxylation sites is 1. The SMILES string of the molecule is Cc1cccc(C)c1NC(=O)C1c2cccc[n+]2CC(=O)N1C(C)C.[I-]. The second kappa shape index (κ2) is 8.16. The van der Waals surface area contributed by atoms with Crippen LogP contribution >= 0.6 is 0 Å². The molecule has 0 saturated carbocycles. The van der Waals surface area contributed by atoms with Crippen LogP contribution in [0, 0.1) is 13.8 Å². The number of amides is 2. The number of carbonyl (C=O) groups excluding carboxylic acids is 2. The van der Waals surface area contributed by atoms with E-state index in [1.54, 1.807) is 4.90 Å². The van der Waals surface area contributed by atoms with Crippen LogP contribution in [0.4, 0.5) is 5.69 Å². The van der Waals surface area contributed by atoms with E-state index in [0.29, 0.717) is 0 Å². The number of benzene rings is 1. The monoisotopic (exact) mass is 465 g/mol. The van der Waals surface area contributed by atoms with Crippen molar-refractivity contribution in [3.63, 3.8) is 0 Å². The summed E-state index contributed by atoms with van der Waals surface area (Å²) in [6.07, 6.45) is 1.85. The zero-order valence-corrected chi connectivity index (χ0v) is 17.6. The Hall–Kier alpha value is -1.96. The molecule has 0 bridgehead atoms. The summed E-state index contributed by atoms with van der Waals surface area (Å²) in [4.78, 5) is 27.5. The predicted octanol–water partition coefficient (Wildman–Crippen LogP) is -0.475. The molecule has 1 aliphatic rings. The van der Waals surface area contributed by atoms with Crippen LogP contribution in [-0.2, 0) is 16.1 Å². The van der Waals surface area contributed by atoms with Crippen LogP contribution in [0.5, 0.6) is 0 Å². The summed E-state index contributed by atoms with van der Waals surface area (Å²) in [5, 5.41) is 3.05. The molecule has 6 heteroatoms. The second-order valence-electron chi connectivity index (χ2n) is 6.81. The highest BCUT2D eigenvalue weighted by Crippen LogP contribution is 2.27. The number of anilines is 1. The fraction of sp³-hybridized carbons (Fsp3) is 0.350. The Labute approximate surface area is 171 Å². The van der Waals surface area contributed by atoms with Crippen molar-refractivity contribution in [2.75, 3.05) is 5.32 Å². The van der Waals surface area contributed by atoms with Crippen molar-refractivity contribution in [2.45, 2.75) is 46.3 Å². The van der Waals surface area contributed by atoms with E-state index < -0.39 is 6.04 Å². The van der Waals surface area contributed by atoms with Gasteiger partial charge in [0, 0.05) is 23.9 Å². The smallest absolute Gasteiger partial charge is 0.289 e. The molecule has 1 atom stereocenters.